The largest absolute Gasteiger partial charge is 0.485 e. The number of pyridine rings is 1. The highest BCUT2D eigenvalue weighted by atomic mass is 19.1. The molecule has 3 aromatic rings. The molecule has 0 bridgehead atoms. The van der Waals surface area contributed by atoms with Crippen molar-refractivity contribution in [2.45, 2.75) is 12.6 Å². The first-order valence-corrected chi connectivity index (χ1v) is 8.33. The Kier molecular flexibility index (Phi) is 4.01. The topological polar surface area (TPSA) is 34.5 Å². The summed E-state index contributed by atoms with van der Waals surface area (Å²) in [5.74, 6) is -0.0573. The van der Waals surface area contributed by atoms with Gasteiger partial charge in [0.15, 0.2) is 11.6 Å². The van der Waals surface area contributed by atoms with Crippen molar-refractivity contribution in [2.75, 3.05) is 13.1 Å². The van der Waals surface area contributed by atoms with Crippen LogP contribution in [-0.2, 0) is 13.6 Å². The molecule has 0 spiro atoms. The normalized spacial score (nSPS) is 15.3. The number of para-hydroxylation sites is 2. The van der Waals surface area contributed by atoms with E-state index in [0.717, 1.165) is 16.5 Å². The monoisotopic (exact) mass is 338 g/mol. The highest BCUT2D eigenvalue weighted by Crippen LogP contribution is 2.22. The maximum Gasteiger partial charge on any atom is 0.255 e. The summed E-state index contributed by atoms with van der Waals surface area (Å²) < 4.78 is 21.0. The molecule has 25 heavy (non-hydrogen) atoms. The number of aromatic nitrogens is 1. The Balaban J connectivity index is 1.45. The third-order valence-corrected chi connectivity index (χ3v) is 4.66. The third kappa shape index (κ3) is 3.03. The Morgan fingerprint density at radius 2 is 1.84 bits per heavy atom. The van der Waals surface area contributed by atoms with Crippen molar-refractivity contribution >= 4 is 10.9 Å². The molecule has 1 saturated heterocycles. The van der Waals surface area contributed by atoms with E-state index in [1.807, 2.05) is 30.3 Å². The van der Waals surface area contributed by atoms with Gasteiger partial charge in [0, 0.05) is 32.2 Å². The van der Waals surface area contributed by atoms with E-state index in [2.05, 4.69) is 4.90 Å². The SMILES string of the molecule is Cn1c(=O)c(CN2CC(Oc3ccccc3F)C2)cc2ccccc21. The molecular weight excluding hydrogens is 319 g/mol. The van der Waals surface area contributed by atoms with Gasteiger partial charge in [0.25, 0.3) is 5.56 Å². The molecule has 0 saturated carbocycles. The van der Waals surface area contributed by atoms with E-state index < -0.39 is 0 Å². The summed E-state index contributed by atoms with van der Waals surface area (Å²) in [7, 11) is 1.80. The number of ether oxygens (including phenoxy) is 1. The van der Waals surface area contributed by atoms with Crippen LogP contribution in [0.4, 0.5) is 4.39 Å². The molecule has 1 aliphatic heterocycles. The second-order valence-corrected chi connectivity index (χ2v) is 6.46. The number of halogens is 1. The summed E-state index contributed by atoms with van der Waals surface area (Å²) in [4.78, 5) is 14.7. The van der Waals surface area contributed by atoms with Crippen LogP contribution >= 0.6 is 0 Å². The van der Waals surface area contributed by atoms with Crippen LogP contribution in [-0.4, -0.2) is 28.7 Å². The van der Waals surface area contributed by atoms with Crippen LogP contribution in [0.3, 0.4) is 0 Å². The zero-order valence-electron chi connectivity index (χ0n) is 14.0. The molecule has 128 valence electrons. The number of hydrogen-bond donors (Lipinski definition) is 0. The first-order chi connectivity index (χ1) is 12.1. The summed E-state index contributed by atoms with van der Waals surface area (Å²) in [5.41, 5.74) is 1.73. The van der Waals surface area contributed by atoms with Gasteiger partial charge in [-0.15, -0.1) is 0 Å². The minimum Gasteiger partial charge on any atom is -0.485 e. The Bertz CT molecular complexity index is 977. The van der Waals surface area contributed by atoms with Crippen molar-refractivity contribution in [2.24, 2.45) is 7.05 Å². The van der Waals surface area contributed by atoms with E-state index >= 15 is 0 Å². The quantitative estimate of drug-likeness (QED) is 0.734. The zero-order chi connectivity index (χ0) is 17.4. The van der Waals surface area contributed by atoms with Crippen molar-refractivity contribution in [3.63, 3.8) is 0 Å². The Morgan fingerprint density at radius 1 is 1.12 bits per heavy atom. The minimum atomic E-state index is -0.343. The van der Waals surface area contributed by atoms with Crippen molar-refractivity contribution in [3.05, 3.63) is 76.3 Å². The first kappa shape index (κ1) is 15.8. The molecule has 0 radical (unpaired) electrons. The maximum atomic E-state index is 13.6. The summed E-state index contributed by atoms with van der Waals surface area (Å²) in [6.45, 7) is 1.95. The molecule has 1 aromatic heterocycles. The van der Waals surface area contributed by atoms with Crippen LogP contribution < -0.4 is 10.3 Å². The molecule has 2 heterocycles. The van der Waals surface area contributed by atoms with Gasteiger partial charge >= 0.3 is 0 Å². The lowest BCUT2D eigenvalue weighted by Gasteiger charge is -2.38. The molecule has 0 aliphatic carbocycles. The fourth-order valence-corrected chi connectivity index (χ4v) is 3.29. The average molecular weight is 338 g/mol. The second kappa shape index (κ2) is 6.33. The summed E-state index contributed by atoms with van der Waals surface area (Å²) in [5, 5.41) is 1.05. The predicted octanol–water partition coefficient (Wildman–Crippen LogP) is 2.94. The van der Waals surface area contributed by atoms with Crippen LogP contribution in [0, 0.1) is 5.82 Å². The first-order valence-electron chi connectivity index (χ1n) is 8.33. The van der Waals surface area contributed by atoms with Crippen molar-refractivity contribution in [1.29, 1.82) is 0 Å². The standard InChI is InChI=1S/C20H19FN2O2/c1-22-18-8-4-2-6-14(18)10-15(20(22)24)11-23-12-16(13-23)25-19-9-5-3-7-17(19)21/h2-10,16H,11-13H2,1H3. The fraction of sp³-hybridized carbons (Fsp3) is 0.250. The van der Waals surface area contributed by atoms with Gasteiger partial charge in [0.1, 0.15) is 6.10 Å². The van der Waals surface area contributed by atoms with Crippen LogP contribution in [0.25, 0.3) is 10.9 Å². The number of likely N-dealkylation sites (tertiary alicyclic amines) is 1. The van der Waals surface area contributed by atoms with E-state index in [0.29, 0.717) is 19.6 Å². The van der Waals surface area contributed by atoms with Crippen molar-refractivity contribution < 1.29 is 9.13 Å². The van der Waals surface area contributed by atoms with Crippen LogP contribution in [0.2, 0.25) is 0 Å². The smallest absolute Gasteiger partial charge is 0.255 e. The molecular formula is C20H19FN2O2. The van der Waals surface area contributed by atoms with Gasteiger partial charge in [-0.1, -0.05) is 30.3 Å². The van der Waals surface area contributed by atoms with Gasteiger partial charge in [-0.05, 0) is 29.7 Å². The third-order valence-electron chi connectivity index (χ3n) is 4.66. The van der Waals surface area contributed by atoms with Gasteiger partial charge < -0.3 is 9.30 Å². The molecule has 0 amide bonds. The number of aryl methyl sites for hydroxylation is 1. The van der Waals surface area contributed by atoms with Crippen LogP contribution in [0.15, 0.2) is 59.4 Å². The minimum absolute atomic E-state index is 0.0252. The molecule has 1 fully saturated rings. The molecule has 0 N–H and O–H groups in total. The Morgan fingerprint density at radius 3 is 2.64 bits per heavy atom. The Labute approximate surface area is 145 Å². The molecule has 1 aliphatic rings. The fourth-order valence-electron chi connectivity index (χ4n) is 3.29. The maximum absolute atomic E-state index is 13.6. The number of hydrogen-bond acceptors (Lipinski definition) is 3. The second-order valence-electron chi connectivity index (χ2n) is 6.46. The number of fused-ring (bicyclic) bond motifs is 1. The number of benzene rings is 2. The average Bonchev–Trinajstić information content (AvgIpc) is 2.59. The van der Waals surface area contributed by atoms with Crippen molar-refractivity contribution in [1.82, 2.24) is 9.47 Å². The van der Waals surface area contributed by atoms with Gasteiger partial charge in [0.05, 0.1) is 5.52 Å². The van der Waals surface area contributed by atoms with Crippen LogP contribution in [0.1, 0.15) is 5.56 Å². The van der Waals surface area contributed by atoms with E-state index in [-0.39, 0.29) is 23.2 Å². The van der Waals surface area contributed by atoms with Crippen LogP contribution in [0.5, 0.6) is 5.75 Å². The lowest BCUT2D eigenvalue weighted by atomic mass is 10.1. The van der Waals surface area contributed by atoms with Gasteiger partial charge in [-0.2, -0.15) is 0 Å². The van der Waals surface area contributed by atoms with E-state index in [1.54, 1.807) is 29.8 Å². The van der Waals surface area contributed by atoms with Gasteiger partial charge in [-0.3, -0.25) is 9.69 Å². The van der Waals surface area contributed by atoms with Gasteiger partial charge in [0.2, 0.25) is 0 Å². The van der Waals surface area contributed by atoms with E-state index in [1.165, 1.54) is 6.07 Å². The predicted molar refractivity (Wildman–Crippen MR) is 95.3 cm³/mol. The lowest BCUT2D eigenvalue weighted by molar-refractivity contribution is 0.0121. The molecule has 5 heteroatoms. The van der Waals surface area contributed by atoms with E-state index in [9.17, 15) is 9.18 Å². The molecule has 4 nitrogen and oxygen atoms in total. The molecule has 2 aromatic carbocycles. The molecule has 0 atom stereocenters. The lowest BCUT2D eigenvalue weighted by Crippen LogP contribution is -2.53. The summed E-state index contributed by atoms with van der Waals surface area (Å²) in [6, 6.07) is 16.3. The highest BCUT2D eigenvalue weighted by molar-refractivity contribution is 5.79. The van der Waals surface area contributed by atoms with Crippen molar-refractivity contribution in [3.8, 4) is 5.75 Å². The molecule has 4 rings (SSSR count). The van der Waals surface area contributed by atoms with E-state index in [4.69, 9.17) is 4.74 Å². The zero-order valence-corrected chi connectivity index (χ0v) is 14.0. The number of rotatable bonds is 4. The highest BCUT2D eigenvalue weighted by Gasteiger charge is 2.29. The van der Waals surface area contributed by atoms with Gasteiger partial charge in [-0.25, -0.2) is 4.39 Å². The summed E-state index contributed by atoms with van der Waals surface area (Å²) in [6.07, 6.45) is -0.0405. The Hall–Kier alpha value is -2.66. The molecule has 0 unspecified atom stereocenters. The summed E-state index contributed by atoms with van der Waals surface area (Å²) >= 11 is 0. The number of nitrogens with zero attached hydrogens (tertiary/aromatic N) is 2.